The van der Waals surface area contributed by atoms with Crippen molar-refractivity contribution in [1.82, 2.24) is 15.3 Å². The van der Waals surface area contributed by atoms with E-state index in [2.05, 4.69) is 56.6 Å². The number of nitrogens with zero attached hydrogens (tertiary/aromatic N) is 6. The van der Waals surface area contributed by atoms with Gasteiger partial charge in [-0.2, -0.15) is 20.8 Å². The van der Waals surface area contributed by atoms with Gasteiger partial charge in [0.05, 0.1) is 43.3 Å². The third kappa shape index (κ3) is 13.0. The smallest absolute Gasteiger partial charge is 0.0920 e. The van der Waals surface area contributed by atoms with E-state index in [-0.39, 0.29) is 4.65 Å². The van der Waals surface area contributed by atoms with Gasteiger partial charge in [0.1, 0.15) is 0 Å². The summed E-state index contributed by atoms with van der Waals surface area (Å²) >= 11 is 0. The zero-order valence-corrected chi connectivity index (χ0v) is 34.7. The summed E-state index contributed by atoms with van der Waals surface area (Å²) in [6, 6.07) is 11.0. The highest BCUT2D eigenvalue weighted by Gasteiger charge is 2.45. The first-order valence-electron chi connectivity index (χ1n) is 22.3. The molecule has 0 amide bonds. The maximum atomic E-state index is 12.8. The second-order valence-electron chi connectivity index (χ2n) is 18.9. The largest absolute Gasteiger partial charge is 0.632 e. The summed E-state index contributed by atoms with van der Waals surface area (Å²) in [6.45, 7) is 14.0. The van der Waals surface area contributed by atoms with Gasteiger partial charge in [-0.1, -0.05) is 53.5 Å². The molecule has 2 N–H and O–H groups in total. The molecule has 54 heavy (non-hydrogen) atoms. The van der Waals surface area contributed by atoms with Crippen LogP contribution in [-0.2, 0) is 0 Å². The number of quaternary nitrogens is 1. The number of hydroxylamine groups is 5. The maximum absolute atomic E-state index is 12.8. The van der Waals surface area contributed by atoms with Crippen LogP contribution >= 0.6 is 0 Å². The summed E-state index contributed by atoms with van der Waals surface area (Å²) in [5.41, 5.74) is 0. The summed E-state index contributed by atoms with van der Waals surface area (Å²) in [6.07, 6.45) is 28.0. The zero-order chi connectivity index (χ0) is 39.1. The summed E-state index contributed by atoms with van der Waals surface area (Å²) in [7, 11) is 0. The average molecular weight is 748 g/mol. The molecule has 8 bridgehead atoms. The standard InChI is InChI=1S/C12H20N2O.C12H20N2.C9H17NO.C9H17N.C3H3N/c1-10-8-11-4-2-5-12(9-10)14(11,15)7-3-6-13;1-10-8-11-4-2-5-12(9-10)14(11)7-3-6-13;1-7-5-8-3-2-4-9(6-7)10(8)11;1-7-5-8-3-2-4-9(6-7)10-8;1-2-3-4/h10-12H,2-5,7-9H2,1H3;10-12H,2-5,7-9H2,1H3;7-9,11H,2-6H2,1H3;7-10H,2-6H2,1H3;2H,1H2. The third-order valence-corrected chi connectivity index (χ3v) is 14.3. The summed E-state index contributed by atoms with van der Waals surface area (Å²) in [4.78, 5) is 2.62. The number of fused-ring (bicyclic) bond motifs is 8. The fraction of sp³-hybridized carbons (Fsp3) is 0.889. The van der Waals surface area contributed by atoms with Gasteiger partial charge in [-0.05, 0) is 120 Å². The highest BCUT2D eigenvalue weighted by Crippen LogP contribution is 2.42. The molecule has 0 radical (unpaired) electrons. The number of nitrogens with one attached hydrogen (secondary N) is 1. The number of nitriles is 3. The quantitative estimate of drug-likeness (QED) is 0.165. The molecule has 8 atom stereocenters. The molecular formula is C45H77N7O2. The van der Waals surface area contributed by atoms with E-state index >= 15 is 0 Å². The topological polar surface area (TPSA) is 133 Å². The first-order valence-corrected chi connectivity index (χ1v) is 22.3. The van der Waals surface area contributed by atoms with E-state index in [4.69, 9.17) is 15.8 Å². The van der Waals surface area contributed by atoms with Crippen molar-refractivity contribution in [3.63, 3.8) is 0 Å². The number of allylic oxidation sites excluding steroid dienone is 1. The van der Waals surface area contributed by atoms with Crippen LogP contribution in [0.4, 0.5) is 0 Å². The lowest BCUT2D eigenvalue weighted by Crippen LogP contribution is -2.63. The van der Waals surface area contributed by atoms with Crippen molar-refractivity contribution in [3.8, 4) is 18.2 Å². The van der Waals surface area contributed by atoms with Crippen LogP contribution in [0.1, 0.15) is 169 Å². The number of hydrogen-bond acceptors (Lipinski definition) is 8. The van der Waals surface area contributed by atoms with Crippen molar-refractivity contribution in [2.75, 3.05) is 13.1 Å². The Morgan fingerprint density at radius 1 is 0.648 bits per heavy atom. The van der Waals surface area contributed by atoms with E-state index in [0.29, 0.717) is 49.5 Å². The van der Waals surface area contributed by atoms with Gasteiger partial charge in [0.15, 0.2) is 0 Å². The van der Waals surface area contributed by atoms with Gasteiger partial charge in [-0.3, -0.25) is 4.90 Å². The van der Waals surface area contributed by atoms with E-state index in [9.17, 15) is 10.4 Å². The summed E-state index contributed by atoms with van der Waals surface area (Å²) in [5.74, 6) is 3.43. The summed E-state index contributed by atoms with van der Waals surface area (Å²) < 4.78 is -0.0437. The molecule has 0 aliphatic carbocycles. The third-order valence-electron chi connectivity index (χ3n) is 14.3. The molecule has 0 spiro atoms. The molecule has 8 heterocycles. The molecule has 304 valence electrons. The number of piperidine rings is 8. The SMILES string of the molecule is C=CC#N.CC1CC2CCCC(C1)N2.CC1CC2CCCC(C1)N2CCC#N.CC1CC2CCCC(C1)N2O.CC1CC2CCCC(C1)[N+]2([O-])CCC#N. The van der Waals surface area contributed by atoms with Crippen LogP contribution in [0.5, 0.6) is 0 Å². The fourth-order valence-corrected chi connectivity index (χ4v) is 12.0. The number of rotatable bonds is 4. The molecule has 8 aliphatic heterocycles. The van der Waals surface area contributed by atoms with Crippen molar-refractivity contribution < 1.29 is 9.85 Å². The van der Waals surface area contributed by atoms with Crippen LogP contribution in [0.3, 0.4) is 0 Å². The van der Waals surface area contributed by atoms with E-state index in [1.807, 2.05) is 0 Å². The van der Waals surface area contributed by atoms with Crippen molar-refractivity contribution in [1.29, 1.82) is 15.8 Å². The van der Waals surface area contributed by atoms with E-state index in [1.54, 1.807) is 11.1 Å². The Hall–Kier alpha value is -2.03. The van der Waals surface area contributed by atoms with Crippen LogP contribution in [0.2, 0.25) is 0 Å². The van der Waals surface area contributed by atoms with Crippen LogP contribution in [0.15, 0.2) is 12.7 Å². The Labute approximate surface area is 330 Å². The first-order chi connectivity index (χ1) is 26.0. The monoisotopic (exact) mass is 748 g/mol. The van der Waals surface area contributed by atoms with Gasteiger partial charge in [0, 0.05) is 68.1 Å². The molecule has 0 aromatic carbocycles. The lowest BCUT2D eigenvalue weighted by Gasteiger charge is -2.60. The highest BCUT2D eigenvalue weighted by atomic mass is 16.6. The molecule has 0 saturated carbocycles. The lowest BCUT2D eigenvalue weighted by atomic mass is 9.78. The van der Waals surface area contributed by atoms with Crippen molar-refractivity contribution >= 4 is 0 Å². The normalized spacial score (nSPS) is 40.6. The lowest BCUT2D eigenvalue weighted by molar-refractivity contribution is -0.940. The van der Waals surface area contributed by atoms with Crippen molar-refractivity contribution in [2.45, 2.75) is 217 Å². The maximum Gasteiger partial charge on any atom is 0.0920 e. The van der Waals surface area contributed by atoms with Crippen LogP contribution in [0.25, 0.3) is 0 Å². The average Bonchev–Trinajstić information content (AvgIpc) is 3.12. The predicted molar refractivity (Wildman–Crippen MR) is 218 cm³/mol. The van der Waals surface area contributed by atoms with Crippen LogP contribution in [0, 0.1) is 62.9 Å². The second-order valence-corrected chi connectivity index (χ2v) is 18.9. The van der Waals surface area contributed by atoms with E-state index < -0.39 is 0 Å². The Kier molecular flexibility index (Phi) is 18.7. The van der Waals surface area contributed by atoms with E-state index in [1.165, 1.54) is 109 Å². The molecule has 9 nitrogen and oxygen atoms in total. The van der Waals surface area contributed by atoms with Gasteiger partial charge in [-0.15, -0.1) is 0 Å². The summed E-state index contributed by atoms with van der Waals surface area (Å²) in [5, 5.41) is 52.5. The van der Waals surface area contributed by atoms with Crippen molar-refractivity contribution in [3.05, 3.63) is 17.9 Å². The Morgan fingerprint density at radius 3 is 1.54 bits per heavy atom. The Morgan fingerprint density at radius 2 is 1.06 bits per heavy atom. The van der Waals surface area contributed by atoms with Gasteiger partial charge >= 0.3 is 0 Å². The fourth-order valence-electron chi connectivity index (χ4n) is 12.0. The van der Waals surface area contributed by atoms with Gasteiger partial charge in [-0.25, -0.2) is 0 Å². The first kappa shape index (κ1) is 44.7. The molecule has 8 fully saturated rings. The molecule has 8 rings (SSSR count). The molecule has 8 aliphatic rings. The minimum absolute atomic E-state index is 0.0437. The Balaban J connectivity index is 0.000000157. The molecule has 9 heteroatoms. The van der Waals surface area contributed by atoms with Crippen molar-refractivity contribution in [2.24, 2.45) is 23.7 Å². The Bertz CT molecular complexity index is 1180. The van der Waals surface area contributed by atoms with E-state index in [0.717, 1.165) is 74.1 Å². The van der Waals surface area contributed by atoms with Crippen LogP contribution < -0.4 is 5.32 Å². The van der Waals surface area contributed by atoms with Crippen LogP contribution in [-0.4, -0.2) is 81.2 Å². The van der Waals surface area contributed by atoms with Gasteiger partial charge in [0.2, 0.25) is 0 Å². The number of hydrogen-bond donors (Lipinski definition) is 2. The molecular weight excluding hydrogens is 671 g/mol. The zero-order valence-electron chi connectivity index (χ0n) is 34.7. The second kappa shape index (κ2) is 22.6. The molecule has 8 unspecified atom stereocenters. The molecule has 8 saturated heterocycles. The predicted octanol–water partition coefficient (Wildman–Crippen LogP) is 9.77. The van der Waals surface area contributed by atoms with Gasteiger partial charge < -0.3 is 20.4 Å². The minimum Gasteiger partial charge on any atom is -0.632 e. The highest BCUT2D eigenvalue weighted by molar-refractivity contribution is 4.94. The molecule has 0 aromatic rings. The molecule has 0 aromatic heterocycles. The minimum atomic E-state index is -0.0437. The van der Waals surface area contributed by atoms with Gasteiger partial charge in [0.25, 0.3) is 0 Å².